The molecule has 0 amide bonds. The highest BCUT2D eigenvalue weighted by Gasteiger charge is 2.26. The van der Waals surface area contributed by atoms with Gasteiger partial charge in [-0.1, -0.05) is 0 Å². The molecule has 0 spiro atoms. The second kappa shape index (κ2) is 3.30. The summed E-state index contributed by atoms with van der Waals surface area (Å²) in [6.07, 6.45) is 0.350. The van der Waals surface area contributed by atoms with Gasteiger partial charge in [0.05, 0.1) is 5.57 Å². The number of carboxylic acid groups (broad SMARTS) is 2. The average Bonchev–Trinajstić information content (AvgIpc) is 1.79. The molecule has 0 unspecified atom stereocenters. The molecule has 0 radical (unpaired) electrons. The molecule has 0 aromatic rings. The van der Waals surface area contributed by atoms with E-state index in [0.717, 1.165) is 0 Å². The molecule has 0 aromatic carbocycles. The van der Waals surface area contributed by atoms with E-state index in [1.54, 1.807) is 0 Å². The Labute approximate surface area is 67.4 Å². The van der Waals surface area contributed by atoms with Crippen LogP contribution in [-0.4, -0.2) is 27.9 Å². The van der Waals surface area contributed by atoms with Crippen LogP contribution in [0.4, 0.5) is 0 Å². The second-order valence-corrected chi connectivity index (χ2v) is 2.13. The van der Waals surface area contributed by atoms with E-state index in [1.807, 2.05) is 0 Å². The first-order chi connectivity index (χ1) is 5.25. The van der Waals surface area contributed by atoms with Crippen molar-refractivity contribution in [2.75, 3.05) is 0 Å². The molecule has 0 saturated heterocycles. The number of aliphatic carboxylic acids is 2. The summed E-state index contributed by atoms with van der Waals surface area (Å²) in [7, 11) is 0. The SMILES string of the molecule is NC(N)(N)/C(=C/C(=O)O)C(=O)O. The fraction of sp³-hybridized carbons (Fsp3) is 0.200. The molecular weight excluding hydrogens is 166 g/mol. The summed E-state index contributed by atoms with van der Waals surface area (Å²) in [5, 5.41) is 16.6. The van der Waals surface area contributed by atoms with Gasteiger partial charge in [-0.05, 0) is 0 Å². The number of carbonyl (C=O) groups is 2. The van der Waals surface area contributed by atoms with Crippen LogP contribution < -0.4 is 17.2 Å². The third kappa shape index (κ3) is 3.10. The lowest BCUT2D eigenvalue weighted by Crippen LogP contribution is -2.61. The van der Waals surface area contributed by atoms with Crippen molar-refractivity contribution >= 4 is 11.9 Å². The minimum absolute atomic E-state index is 0.350. The van der Waals surface area contributed by atoms with Crippen molar-refractivity contribution in [2.24, 2.45) is 17.2 Å². The quantitative estimate of drug-likeness (QED) is 0.237. The monoisotopic (exact) mass is 175 g/mol. The van der Waals surface area contributed by atoms with Gasteiger partial charge in [-0.2, -0.15) is 0 Å². The van der Waals surface area contributed by atoms with Crippen LogP contribution in [0.15, 0.2) is 11.6 Å². The van der Waals surface area contributed by atoms with Crippen LogP contribution >= 0.6 is 0 Å². The predicted molar refractivity (Wildman–Crippen MR) is 38.6 cm³/mol. The Morgan fingerprint density at radius 1 is 1.17 bits per heavy atom. The average molecular weight is 175 g/mol. The fourth-order valence-corrected chi connectivity index (χ4v) is 0.495. The number of nitrogens with two attached hydrogens (primary N) is 3. The van der Waals surface area contributed by atoms with Crippen LogP contribution in [0.3, 0.4) is 0 Å². The Kier molecular flexibility index (Phi) is 2.91. The summed E-state index contributed by atoms with van der Waals surface area (Å²) in [5.41, 5.74) is 14.1. The summed E-state index contributed by atoms with van der Waals surface area (Å²) < 4.78 is 0. The molecule has 0 atom stereocenters. The van der Waals surface area contributed by atoms with E-state index in [9.17, 15) is 9.59 Å². The van der Waals surface area contributed by atoms with Crippen molar-refractivity contribution in [1.29, 1.82) is 0 Å². The number of hydrogen-bond acceptors (Lipinski definition) is 5. The van der Waals surface area contributed by atoms with Gasteiger partial charge in [-0.3, -0.25) is 17.2 Å². The topological polar surface area (TPSA) is 153 Å². The number of rotatable bonds is 3. The van der Waals surface area contributed by atoms with Crippen LogP contribution in [0.1, 0.15) is 0 Å². The molecule has 0 fully saturated rings. The Bertz CT molecular complexity index is 240. The second-order valence-electron chi connectivity index (χ2n) is 2.13. The molecule has 0 rings (SSSR count). The highest BCUT2D eigenvalue weighted by atomic mass is 16.4. The molecule has 0 bridgehead atoms. The lowest BCUT2D eigenvalue weighted by atomic mass is 10.1. The number of carboxylic acids is 2. The zero-order chi connectivity index (χ0) is 9.94. The molecular formula is C5H9N3O4. The smallest absolute Gasteiger partial charge is 0.336 e. The maximum Gasteiger partial charge on any atom is 0.336 e. The van der Waals surface area contributed by atoms with E-state index in [1.165, 1.54) is 0 Å². The van der Waals surface area contributed by atoms with E-state index < -0.39 is 23.3 Å². The van der Waals surface area contributed by atoms with Crippen LogP contribution in [0.25, 0.3) is 0 Å². The highest BCUT2D eigenvalue weighted by molar-refractivity contribution is 5.96. The van der Waals surface area contributed by atoms with E-state index in [4.69, 9.17) is 27.4 Å². The summed E-state index contributed by atoms with van der Waals surface area (Å²) in [4.78, 5) is 20.4. The van der Waals surface area contributed by atoms with Gasteiger partial charge in [-0.15, -0.1) is 0 Å². The molecule has 68 valence electrons. The maximum atomic E-state index is 10.3. The van der Waals surface area contributed by atoms with Gasteiger partial charge < -0.3 is 10.2 Å². The predicted octanol–water partition coefficient (Wildman–Crippen LogP) is -2.39. The lowest BCUT2D eigenvalue weighted by Gasteiger charge is -2.18. The lowest BCUT2D eigenvalue weighted by molar-refractivity contribution is -0.135. The fourth-order valence-electron chi connectivity index (χ4n) is 0.495. The standard InChI is InChI=1S/C5H9N3O4/c6-5(7,8)2(4(11)12)1-3(9)10/h1H,6-8H2,(H,9,10)(H,11,12)/b2-1+. The summed E-state index contributed by atoms with van der Waals surface area (Å²) in [6.45, 7) is 0. The summed E-state index contributed by atoms with van der Waals surface area (Å²) in [6, 6.07) is 0. The van der Waals surface area contributed by atoms with E-state index >= 15 is 0 Å². The molecule has 7 nitrogen and oxygen atoms in total. The molecule has 0 aliphatic rings. The zero-order valence-corrected chi connectivity index (χ0v) is 6.02. The first-order valence-electron chi connectivity index (χ1n) is 2.80. The van der Waals surface area contributed by atoms with Gasteiger partial charge in [0.25, 0.3) is 0 Å². The van der Waals surface area contributed by atoms with Gasteiger partial charge in [0, 0.05) is 6.08 Å². The molecule has 0 aliphatic carbocycles. The molecule has 8 N–H and O–H groups in total. The maximum absolute atomic E-state index is 10.3. The molecule has 7 heteroatoms. The van der Waals surface area contributed by atoms with Crippen molar-refractivity contribution in [1.82, 2.24) is 0 Å². The molecule has 0 aliphatic heterocycles. The van der Waals surface area contributed by atoms with Crippen LogP contribution in [0.5, 0.6) is 0 Å². The molecule has 0 aromatic heterocycles. The third-order valence-corrected chi connectivity index (χ3v) is 0.965. The normalized spacial score (nSPS) is 12.8. The van der Waals surface area contributed by atoms with E-state index in [0.29, 0.717) is 6.08 Å². The minimum Gasteiger partial charge on any atom is -0.478 e. The van der Waals surface area contributed by atoms with Crippen molar-refractivity contribution in [2.45, 2.75) is 5.79 Å². The van der Waals surface area contributed by atoms with Gasteiger partial charge >= 0.3 is 11.9 Å². The van der Waals surface area contributed by atoms with Crippen LogP contribution in [0, 0.1) is 0 Å². The minimum atomic E-state index is -2.15. The highest BCUT2D eigenvalue weighted by Crippen LogP contribution is 2.01. The van der Waals surface area contributed by atoms with E-state index in [-0.39, 0.29) is 0 Å². The summed E-state index contributed by atoms with van der Waals surface area (Å²) >= 11 is 0. The summed E-state index contributed by atoms with van der Waals surface area (Å²) in [5.74, 6) is -5.19. The first-order valence-corrected chi connectivity index (χ1v) is 2.80. The van der Waals surface area contributed by atoms with Crippen molar-refractivity contribution < 1.29 is 19.8 Å². The van der Waals surface area contributed by atoms with Crippen molar-refractivity contribution in [3.63, 3.8) is 0 Å². The Balaban J connectivity index is 4.94. The van der Waals surface area contributed by atoms with Gasteiger partial charge in [0.15, 0.2) is 0 Å². The molecule has 12 heavy (non-hydrogen) atoms. The van der Waals surface area contributed by atoms with Crippen molar-refractivity contribution in [3.8, 4) is 0 Å². The Morgan fingerprint density at radius 2 is 1.58 bits per heavy atom. The molecule has 0 heterocycles. The van der Waals surface area contributed by atoms with Gasteiger partial charge in [-0.25, -0.2) is 9.59 Å². The zero-order valence-electron chi connectivity index (χ0n) is 6.02. The largest absolute Gasteiger partial charge is 0.478 e. The van der Waals surface area contributed by atoms with E-state index in [2.05, 4.69) is 0 Å². The van der Waals surface area contributed by atoms with Gasteiger partial charge in [0.1, 0.15) is 5.79 Å². The van der Waals surface area contributed by atoms with Crippen LogP contribution in [0.2, 0.25) is 0 Å². The Hall–Kier alpha value is -1.44. The van der Waals surface area contributed by atoms with Crippen molar-refractivity contribution in [3.05, 3.63) is 11.6 Å². The van der Waals surface area contributed by atoms with Gasteiger partial charge in [0.2, 0.25) is 0 Å². The molecule has 0 saturated carbocycles. The Morgan fingerprint density at radius 3 is 1.67 bits per heavy atom. The first kappa shape index (κ1) is 10.6. The van der Waals surface area contributed by atoms with Crippen LogP contribution in [-0.2, 0) is 9.59 Å². The number of hydrogen-bond donors (Lipinski definition) is 5. The third-order valence-electron chi connectivity index (χ3n) is 0.965.